The molecule has 0 fully saturated rings. The second-order valence-corrected chi connectivity index (χ2v) is 15.6. The quantitative estimate of drug-likeness (QED) is 0.166. The van der Waals surface area contributed by atoms with Crippen molar-refractivity contribution < 1.29 is 19.2 Å². The molecule has 0 aromatic heterocycles. The van der Waals surface area contributed by atoms with E-state index in [0.717, 1.165) is 25.7 Å². The van der Waals surface area contributed by atoms with Crippen LogP contribution in [0.25, 0.3) is 11.1 Å². The molecule has 0 saturated carbocycles. The normalized spacial score (nSPS) is 11.6. The first-order valence-electron chi connectivity index (χ1n) is 12.5. The van der Waals surface area contributed by atoms with Gasteiger partial charge in [-0.15, -0.1) is 12.0 Å². The van der Waals surface area contributed by atoms with Crippen molar-refractivity contribution in [1.82, 2.24) is 0 Å². The maximum Gasteiger partial charge on any atom is -0.0238 e. The Morgan fingerprint density at radius 1 is 0.722 bits per heavy atom. The minimum Gasteiger partial charge on any atom is -0.273 e. The van der Waals surface area contributed by atoms with Gasteiger partial charge in [-0.05, 0) is 30.4 Å². The zero-order valence-electron chi connectivity index (χ0n) is 21.4. The summed E-state index contributed by atoms with van der Waals surface area (Å²) >= 11 is 2.27. The van der Waals surface area contributed by atoms with Crippen molar-refractivity contribution in [3.05, 3.63) is 156 Å². The Morgan fingerprint density at radius 2 is 1.28 bits per heavy atom. The number of hydrogen-bond donors (Lipinski definition) is 0. The fraction of sp³-hybridized carbons (Fsp3) is 0.176. The minimum atomic E-state index is 0.120. The van der Waals surface area contributed by atoms with Gasteiger partial charge in [0, 0.05) is 0 Å². The van der Waals surface area contributed by atoms with Gasteiger partial charge in [0.1, 0.15) is 0 Å². The Hall–Kier alpha value is -2.71. The molecule has 0 amide bonds. The Bertz CT molecular complexity index is 1160. The molecule has 4 aromatic carbocycles. The smallest absolute Gasteiger partial charge is 0.0238 e. The molecule has 0 bridgehead atoms. The first-order valence-corrected chi connectivity index (χ1v) is 17.4. The van der Waals surface area contributed by atoms with E-state index in [-0.39, 0.29) is 6.19 Å². The van der Waals surface area contributed by atoms with Crippen molar-refractivity contribution in [2.75, 3.05) is 0 Å². The molecule has 2 aliphatic rings. The maximum absolute atomic E-state index is 3.30. The fourth-order valence-electron chi connectivity index (χ4n) is 3.92. The van der Waals surface area contributed by atoms with Gasteiger partial charge in [0.15, 0.2) is 0 Å². The third kappa shape index (κ3) is 10.1. The van der Waals surface area contributed by atoms with Gasteiger partial charge in [0.2, 0.25) is 0 Å². The van der Waals surface area contributed by atoms with Crippen LogP contribution in [0.15, 0.2) is 121 Å². The summed E-state index contributed by atoms with van der Waals surface area (Å²) in [5, 5.41) is 0. The van der Waals surface area contributed by atoms with Gasteiger partial charge in [0.05, 0.1) is 0 Å². The number of aryl methyl sites for hydroxylation is 2. The maximum atomic E-state index is 3.30. The molecule has 178 valence electrons. The predicted molar refractivity (Wildman–Crippen MR) is 153 cm³/mol. The van der Waals surface area contributed by atoms with E-state index in [4.69, 9.17) is 0 Å². The zero-order chi connectivity index (χ0) is 25.4. The fourth-order valence-corrected chi connectivity index (χ4v) is 3.92. The summed E-state index contributed by atoms with van der Waals surface area (Å²) in [4.78, 5) is 0. The first-order chi connectivity index (χ1) is 17.6. The molecular formula is C34H34SiTi. The van der Waals surface area contributed by atoms with Crippen LogP contribution in [0.1, 0.15) is 28.7 Å². The molecule has 36 heavy (non-hydrogen) atoms. The molecular weight excluding hydrogens is 484 g/mol. The number of benzene rings is 4. The molecule has 0 unspecified atom stereocenters. The van der Waals surface area contributed by atoms with Gasteiger partial charge in [-0.25, -0.2) is 12.2 Å². The monoisotopic (exact) mass is 518 g/mol. The van der Waals surface area contributed by atoms with E-state index in [1.807, 2.05) is 18.2 Å². The van der Waals surface area contributed by atoms with Crippen LogP contribution in [0.4, 0.5) is 0 Å². The number of fused-ring (bicyclic) bond motifs is 3. The largest absolute Gasteiger partial charge is 0.273 e. The molecule has 0 nitrogen and oxygen atoms in total. The summed E-state index contributed by atoms with van der Waals surface area (Å²) in [5.41, 5.74) is 8.34. The van der Waals surface area contributed by atoms with Crippen molar-refractivity contribution in [3.8, 4) is 11.1 Å². The molecule has 0 radical (unpaired) electrons. The molecule has 2 heteroatoms. The average molecular weight is 519 g/mol. The van der Waals surface area contributed by atoms with Crippen LogP contribution in [0.3, 0.4) is 0 Å². The summed E-state index contributed by atoms with van der Waals surface area (Å²) in [6.07, 6.45) is 13.4. The second kappa shape index (κ2) is 16.1. The van der Waals surface area contributed by atoms with Gasteiger partial charge in [-0.1, -0.05) is 96.1 Å². The van der Waals surface area contributed by atoms with Gasteiger partial charge < -0.3 is 0 Å². The van der Waals surface area contributed by atoms with E-state index < -0.39 is 0 Å². The van der Waals surface area contributed by atoms with Crippen LogP contribution >= 0.6 is 0 Å². The Balaban J connectivity index is 0.000000151. The molecule has 0 heterocycles. The first kappa shape index (κ1) is 27.9. The van der Waals surface area contributed by atoms with E-state index >= 15 is 0 Å². The Morgan fingerprint density at radius 3 is 1.81 bits per heavy atom. The van der Waals surface area contributed by atoms with E-state index in [1.165, 1.54) is 33.4 Å². The summed E-state index contributed by atoms with van der Waals surface area (Å²) < 4.78 is 0. The van der Waals surface area contributed by atoms with Crippen molar-refractivity contribution in [2.24, 2.45) is 0 Å². The van der Waals surface area contributed by atoms with Crippen molar-refractivity contribution in [3.63, 3.8) is 0 Å². The predicted octanol–water partition coefficient (Wildman–Crippen LogP) is 8.62. The molecule has 0 saturated heterocycles. The molecule has 6 rings (SSSR count). The number of hydrogen-bond acceptors (Lipinski definition) is 0. The van der Waals surface area contributed by atoms with E-state index in [9.17, 15) is 0 Å². The van der Waals surface area contributed by atoms with Gasteiger partial charge in [-0.3, -0.25) is 6.08 Å². The summed E-state index contributed by atoms with van der Waals surface area (Å²) in [5.74, 6) is 0. The zero-order valence-corrected chi connectivity index (χ0v) is 23.9. The third-order valence-corrected chi connectivity index (χ3v) is 5.59. The van der Waals surface area contributed by atoms with E-state index in [0.29, 0.717) is 0 Å². The Labute approximate surface area is 230 Å². The molecule has 2 aliphatic carbocycles. The number of allylic oxidation sites excluding steroid dienone is 4. The van der Waals surface area contributed by atoms with E-state index in [1.54, 1.807) is 0 Å². The van der Waals surface area contributed by atoms with Crippen LogP contribution in [0, 0.1) is 12.1 Å². The van der Waals surface area contributed by atoms with Crippen molar-refractivity contribution in [2.45, 2.75) is 38.8 Å². The van der Waals surface area contributed by atoms with Gasteiger partial charge in [0.25, 0.3) is 0 Å². The van der Waals surface area contributed by atoms with Crippen molar-refractivity contribution in [1.29, 1.82) is 0 Å². The van der Waals surface area contributed by atoms with Crippen LogP contribution < -0.4 is 0 Å². The van der Waals surface area contributed by atoms with Gasteiger partial charge in [-0.2, -0.15) is 35.9 Å². The molecule has 0 atom stereocenters. The molecule has 4 aromatic rings. The van der Waals surface area contributed by atoms with Crippen LogP contribution in [-0.2, 0) is 38.4 Å². The van der Waals surface area contributed by atoms with E-state index in [2.05, 4.69) is 148 Å². The molecule has 0 N–H and O–H groups in total. The standard InChI is InChI=1S/C14H14.C13H9.C5H5.C2H6Si.Ti/c1-3-7-13(8-4-1)11-12-14-9-5-2-6-10-14;1-3-7-12-10(5-1)9-11-6-2-4-8-13(11)12;1-2-4-5-3-1;1-3-2;/h1-10H,11-12H2;1-5,7-8H,9H2;1-3H,4H2;1-2H3;/q;2*-1;;+2. The summed E-state index contributed by atoms with van der Waals surface area (Å²) in [7, 11) is 0. The average Bonchev–Trinajstić information content (AvgIpc) is 3.61. The third-order valence-electron chi connectivity index (χ3n) is 5.59. The van der Waals surface area contributed by atoms with Crippen LogP contribution in [0.2, 0.25) is 13.1 Å². The second-order valence-electron chi connectivity index (χ2n) is 8.87. The van der Waals surface area contributed by atoms with Gasteiger partial charge >= 0.3 is 38.5 Å². The number of rotatable bonds is 3. The topological polar surface area (TPSA) is 0 Å². The summed E-state index contributed by atoms with van der Waals surface area (Å²) in [6.45, 7) is 4.54. The SMILES string of the molecule is C[Si](C)=[Ti+2].[C-]1=CC=CC1.[c-]1cccc2c1Cc1ccccc1-2.c1ccc(CCc2ccccc2)cc1. The Kier molecular flexibility index (Phi) is 12.5. The van der Waals surface area contributed by atoms with Crippen molar-refractivity contribution >= 4 is 6.19 Å². The molecule has 0 aliphatic heterocycles. The summed E-state index contributed by atoms with van der Waals surface area (Å²) in [6, 6.07) is 39.4. The van der Waals surface area contributed by atoms with Crippen LogP contribution in [0.5, 0.6) is 0 Å². The minimum absolute atomic E-state index is 0.120. The van der Waals surface area contributed by atoms with Crippen LogP contribution in [-0.4, -0.2) is 6.19 Å². The molecule has 0 spiro atoms.